The van der Waals surface area contributed by atoms with Gasteiger partial charge < -0.3 is 15.5 Å². The first kappa shape index (κ1) is 21.4. The number of rotatable bonds is 7. The number of halogens is 1. The van der Waals surface area contributed by atoms with E-state index in [1.165, 1.54) is 17.1 Å². The zero-order chi connectivity index (χ0) is 21.5. The fourth-order valence-corrected chi connectivity index (χ4v) is 4.51. The second-order valence-electron chi connectivity index (χ2n) is 7.60. The van der Waals surface area contributed by atoms with Crippen molar-refractivity contribution in [1.29, 1.82) is 0 Å². The number of nitrogens with one attached hydrogen (secondary N) is 2. The van der Waals surface area contributed by atoms with Gasteiger partial charge in [0.25, 0.3) is 0 Å². The van der Waals surface area contributed by atoms with E-state index in [9.17, 15) is 4.39 Å². The number of hydrogen-bond acceptors (Lipinski definition) is 4. The van der Waals surface area contributed by atoms with Crippen LogP contribution < -0.4 is 15.5 Å². The molecule has 1 aromatic carbocycles. The minimum absolute atomic E-state index is 0.244. The highest BCUT2D eigenvalue weighted by atomic mass is 32.1. The van der Waals surface area contributed by atoms with Crippen molar-refractivity contribution in [2.75, 3.05) is 31.1 Å². The standard InChI is InChI=1S/C23H29FN6S/c1-2-25-23(27-19-10-14-29(15-11-19)22-4-3-17-31-22)26-13-9-20-12-16-30(28-20)21-7-5-18(24)6-8-21/h3-8,12,16-17,19H,2,9-11,13-15H2,1H3,(H2,25,26,27). The molecular weight excluding hydrogens is 411 g/mol. The third kappa shape index (κ3) is 5.85. The van der Waals surface area contributed by atoms with Crippen molar-refractivity contribution in [2.24, 2.45) is 4.99 Å². The molecule has 2 aromatic heterocycles. The lowest BCUT2D eigenvalue weighted by Gasteiger charge is -2.33. The molecule has 1 fully saturated rings. The van der Waals surface area contributed by atoms with Gasteiger partial charge in [-0.1, -0.05) is 0 Å². The van der Waals surface area contributed by atoms with Crippen molar-refractivity contribution in [1.82, 2.24) is 20.4 Å². The van der Waals surface area contributed by atoms with Gasteiger partial charge in [-0.3, -0.25) is 4.99 Å². The smallest absolute Gasteiger partial charge is 0.191 e. The van der Waals surface area contributed by atoms with Crippen LogP contribution in [0.5, 0.6) is 0 Å². The molecule has 2 N–H and O–H groups in total. The number of anilines is 1. The average molecular weight is 441 g/mol. The molecule has 8 heteroatoms. The van der Waals surface area contributed by atoms with Crippen molar-refractivity contribution < 1.29 is 4.39 Å². The summed E-state index contributed by atoms with van der Waals surface area (Å²) in [6.07, 6.45) is 4.85. The average Bonchev–Trinajstić information content (AvgIpc) is 3.48. The Morgan fingerprint density at radius 2 is 2.00 bits per heavy atom. The zero-order valence-corrected chi connectivity index (χ0v) is 18.6. The number of aliphatic imine (C=N–C) groups is 1. The monoisotopic (exact) mass is 440 g/mol. The van der Waals surface area contributed by atoms with Crippen molar-refractivity contribution in [2.45, 2.75) is 32.2 Å². The predicted molar refractivity (Wildman–Crippen MR) is 126 cm³/mol. The summed E-state index contributed by atoms with van der Waals surface area (Å²) >= 11 is 1.81. The summed E-state index contributed by atoms with van der Waals surface area (Å²) in [6, 6.07) is 13.1. The Balaban J connectivity index is 1.28. The Labute approximate surface area is 186 Å². The van der Waals surface area contributed by atoms with Gasteiger partial charge in [0.2, 0.25) is 0 Å². The third-order valence-electron chi connectivity index (χ3n) is 5.37. The maximum absolute atomic E-state index is 13.1. The summed E-state index contributed by atoms with van der Waals surface area (Å²) in [4.78, 5) is 7.21. The van der Waals surface area contributed by atoms with Crippen LogP contribution in [0.25, 0.3) is 5.69 Å². The SMILES string of the molecule is CCNC(=NCCc1ccn(-c2ccc(F)cc2)n1)NC1CCN(c2cccs2)CC1. The Hall–Kier alpha value is -2.87. The highest BCUT2D eigenvalue weighted by Gasteiger charge is 2.20. The Morgan fingerprint density at radius 1 is 1.19 bits per heavy atom. The first-order valence-corrected chi connectivity index (χ1v) is 11.7. The van der Waals surface area contributed by atoms with Gasteiger partial charge in [-0.15, -0.1) is 11.3 Å². The molecular formula is C23H29FN6S. The summed E-state index contributed by atoms with van der Waals surface area (Å²) in [5.74, 6) is 0.626. The van der Waals surface area contributed by atoms with Gasteiger partial charge >= 0.3 is 0 Å². The van der Waals surface area contributed by atoms with Gasteiger partial charge in [0.1, 0.15) is 5.82 Å². The van der Waals surface area contributed by atoms with Crippen LogP contribution in [-0.2, 0) is 6.42 Å². The third-order valence-corrected chi connectivity index (χ3v) is 6.30. The lowest BCUT2D eigenvalue weighted by atomic mass is 10.1. The molecule has 1 saturated heterocycles. The molecule has 0 bridgehead atoms. The molecule has 1 aliphatic rings. The molecule has 6 nitrogen and oxygen atoms in total. The number of guanidine groups is 1. The van der Waals surface area contributed by atoms with Gasteiger partial charge in [-0.2, -0.15) is 5.10 Å². The minimum Gasteiger partial charge on any atom is -0.363 e. The molecule has 3 heterocycles. The molecule has 1 aliphatic heterocycles. The van der Waals surface area contributed by atoms with Crippen molar-refractivity contribution in [3.05, 3.63) is 65.6 Å². The van der Waals surface area contributed by atoms with E-state index in [-0.39, 0.29) is 5.82 Å². The molecule has 0 spiro atoms. The molecule has 0 atom stereocenters. The molecule has 0 unspecified atom stereocenters. The fourth-order valence-electron chi connectivity index (χ4n) is 3.72. The lowest BCUT2D eigenvalue weighted by Crippen LogP contribution is -2.48. The first-order chi connectivity index (χ1) is 15.2. The Bertz CT molecular complexity index is 958. The number of nitrogens with zero attached hydrogens (tertiary/aromatic N) is 4. The van der Waals surface area contributed by atoms with Crippen LogP contribution in [0, 0.1) is 5.82 Å². The van der Waals surface area contributed by atoms with Gasteiger partial charge in [0.05, 0.1) is 16.4 Å². The van der Waals surface area contributed by atoms with Crippen molar-refractivity contribution >= 4 is 22.3 Å². The van der Waals surface area contributed by atoms with E-state index in [1.807, 2.05) is 23.6 Å². The largest absolute Gasteiger partial charge is 0.363 e. The number of piperidine rings is 1. The number of hydrogen-bond donors (Lipinski definition) is 2. The second-order valence-corrected chi connectivity index (χ2v) is 8.52. The highest BCUT2D eigenvalue weighted by molar-refractivity contribution is 7.14. The van der Waals surface area contributed by atoms with E-state index < -0.39 is 0 Å². The van der Waals surface area contributed by atoms with Crippen LogP contribution in [0.4, 0.5) is 9.39 Å². The van der Waals surface area contributed by atoms with Crippen LogP contribution in [0.3, 0.4) is 0 Å². The molecule has 0 amide bonds. The van der Waals surface area contributed by atoms with E-state index in [0.717, 1.165) is 56.2 Å². The molecule has 31 heavy (non-hydrogen) atoms. The van der Waals surface area contributed by atoms with Gasteiger partial charge in [0, 0.05) is 44.8 Å². The fraction of sp³-hybridized carbons (Fsp3) is 0.391. The maximum Gasteiger partial charge on any atom is 0.191 e. The normalized spacial score (nSPS) is 15.3. The first-order valence-electron chi connectivity index (χ1n) is 10.8. The van der Waals surface area contributed by atoms with Gasteiger partial charge in [0.15, 0.2) is 5.96 Å². The van der Waals surface area contributed by atoms with Crippen LogP contribution >= 0.6 is 11.3 Å². The van der Waals surface area contributed by atoms with Crippen molar-refractivity contribution in [3.8, 4) is 5.69 Å². The van der Waals surface area contributed by atoms with E-state index in [0.29, 0.717) is 12.6 Å². The predicted octanol–water partition coefficient (Wildman–Crippen LogP) is 3.84. The number of thiophene rings is 1. The lowest BCUT2D eigenvalue weighted by molar-refractivity contribution is 0.463. The van der Waals surface area contributed by atoms with Crippen LogP contribution in [0.2, 0.25) is 0 Å². The summed E-state index contributed by atoms with van der Waals surface area (Å²) < 4.78 is 14.9. The summed E-state index contributed by atoms with van der Waals surface area (Å²) in [5.41, 5.74) is 1.81. The van der Waals surface area contributed by atoms with Crippen molar-refractivity contribution in [3.63, 3.8) is 0 Å². The Kier molecular flexibility index (Phi) is 7.19. The summed E-state index contributed by atoms with van der Waals surface area (Å²) in [6.45, 7) is 5.71. The topological polar surface area (TPSA) is 57.5 Å². The maximum atomic E-state index is 13.1. The van der Waals surface area contributed by atoms with E-state index >= 15 is 0 Å². The zero-order valence-electron chi connectivity index (χ0n) is 17.8. The van der Waals surface area contributed by atoms with Crippen LogP contribution in [-0.4, -0.2) is 48.0 Å². The quantitative estimate of drug-likeness (QED) is 0.433. The molecule has 0 radical (unpaired) electrons. The van der Waals surface area contributed by atoms with Gasteiger partial charge in [-0.25, -0.2) is 9.07 Å². The Morgan fingerprint density at radius 3 is 2.71 bits per heavy atom. The molecule has 164 valence electrons. The molecule has 3 aromatic rings. The van der Waals surface area contributed by atoms with E-state index in [1.54, 1.807) is 16.8 Å². The van der Waals surface area contributed by atoms with E-state index in [4.69, 9.17) is 4.99 Å². The summed E-state index contributed by atoms with van der Waals surface area (Å²) in [7, 11) is 0. The van der Waals surface area contributed by atoms with E-state index in [2.05, 4.69) is 45.1 Å². The number of benzene rings is 1. The summed E-state index contributed by atoms with van der Waals surface area (Å²) in [5, 5.41) is 15.0. The molecule has 0 aliphatic carbocycles. The second kappa shape index (κ2) is 10.4. The van der Waals surface area contributed by atoms with Gasteiger partial charge in [-0.05, 0) is 67.6 Å². The van der Waals surface area contributed by atoms with Crippen LogP contribution in [0.15, 0.2) is 59.0 Å². The molecule has 0 saturated carbocycles. The van der Waals surface area contributed by atoms with Crippen LogP contribution in [0.1, 0.15) is 25.5 Å². The molecule has 4 rings (SSSR count). The number of aromatic nitrogens is 2. The minimum atomic E-state index is -0.244. The highest BCUT2D eigenvalue weighted by Crippen LogP contribution is 2.24.